The normalized spacial score (nSPS) is 12.5. The molecule has 1 atom stereocenters. The number of nitrogens with one attached hydrogen (secondary N) is 3. The summed E-state index contributed by atoms with van der Waals surface area (Å²) in [5.74, 6) is 1.62. The van der Waals surface area contributed by atoms with E-state index >= 15 is 0 Å². The van der Waals surface area contributed by atoms with E-state index in [0.717, 1.165) is 35.5 Å². The molecule has 0 radical (unpaired) electrons. The van der Waals surface area contributed by atoms with Crippen LogP contribution < -0.4 is 21.9 Å². The number of thiazole rings is 1. The summed E-state index contributed by atoms with van der Waals surface area (Å²) in [5, 5.41) is 8.32. The number of H-pyrrole nitrogens is 1. The largest absolute Gasteiger partial charge is 0.370 e. The van der Waals surface area contributed by atoms with E-state index in [2.05, 4.69) is 42.5 Å². The lowest BCUT2D eigenvalue weighted by molar-refractivity contribution is 0.787. The summed E-state index contributed by atoms with van der Waals surface area (Å²) in [6.45, 7) is 5.38. The van der Waals surface area contributed by atoms with Crippen molar-refractivity contribution in [3.05, 3.63) is 68.3 Å². The van der Waals surface area contributed by atoms with E-state index in [9.17, 15) is 4.79 Å². The highest BCUT2D eigenvalue weighted by atomic mass is 32.2. The van der Waals surface area contributed by atoms with E-state index in [1.807, 2.05) is 24.4 Å². The molecule has 0 amide bonds. The van der Waals surface area contributed by atoms with Crippen molar-refractivity contribution in [1.82, 2.24) is 25.3 Å². The van der Waals surface area contributed by atoms with E-state index in [-0.39, 0.29) is 10.9 Å². The van der Waals surface area contributed by atoms with Gasteiger partial charge in [-0.3, -0.25) is 19.8 Å². The van der Waals surface area contributed by atoms with E-state index in [0.29, 0.717) is 37.0 Å². The molecule has 176 valence electrons. The Hall–Kier alpha value is -2.92. The maximum Gasteiger partial charge on any atom is 0.255 e. The minimum Gasteiger partial charge on any atom is -0.370 e. The SMILES string of the molecule is CCCCN=C(N)NC(SCCNc1ncc(Cc2ccc(C)nc2)c(=O)[nH]1)c1cscn1. The molecular formula is C22H30N8OS2. The van der Waals surface area contributed by atoms with E-state index < -0.39 is 0 Å². The first-order valence-electron chi connectivity index (χ1n) is 10.8. The molecule has 3 rings (SSSR count). The van der Waals surface area contributed by atoms with Crippen LogP contribution in [0.2, 0.25) is 0 Å². The number of guanidine groups is 1. The van der Waals surface area contributed by atoms with Crippen molar-refractivity contribution in [1.29, 1.82) is 0 Å². The van der Waals surface area contributed by atoms with Gasteiger partial charge in [0.1, 0.15) is 5.37 Å². The number of unbranched alkanes of at least 4 members (excludes halogenated alkanes) is 1. The first kappa shape index (κ1) is 24.7. The number of thioether (sulfide) groups is 1. The first-order chi connectivity index (χ1) is 16.0. The molecule has 5 N–H and O–H groups in total. The second-order valence-corrected chi connectivity index (χ2v) is 9.36. The van der Waals surface area contributed by atoms with E-state index in [1.165, 1.54) is 0 Å². The van der Waals surface area contributed by atoms with Crippen molar-refractivity contribution in [2.45, 2.75) is 38.5 Å². The third-order valence-corrected chi connectivity index (χ3v) is 6.45. The topological polar surface area (TPSA) is 134 Å². The Morgan fingerprint density at radius 2 is 2.18 bits per heavy atom. The third-order valence-electron chi connectivity index (χ3n) is 4.71. The molecule has 0 bridgehead atoms. The zero-order chi connectivity index (χ0) is 23.5. The van der Waals surface area contributed by atoms with Crippen molar-refractivity contribution in [3.63, 3.8) is 0 Å². The smallest absolute Gasteiger partial charge is 0.255 e. The average Bonchev–Trinajstić information content (AvgIpc) is 3.34. The van der Waals surface area contributed by atoms with Gasteiger partial charge in [-0.25, -0.2) is 9.97 Å². The Balaban J connectivity index is 1.50. The van der Waals surface area contributed by atoms with Crippen LogP contribution in [0.25, 0.3) is 0 Å². The van der Waals surface area contributed by atoms with Crippen molar-refractivity contribution in [3.8, 4) is 0 Å². The fraction of sp³-hybridized carbons (Fsp3) is 0.409. The number of aromatic amines is 1. The zero-order valence-corrected chi connectivity index (χ0v) is 20.5. The Morgan fingerprint density at radius 3 is 2.88 bits per heavy atom. The van der Waals surface area contributed by atoms with Gasteiger partial charge >= 0.3 is 0 Å². The summed E-state index contributed by atoms with van der Waals surface area (Å²) in [5.41, 5.74) is 11.1. The lowest BCUT2D eigenvalue weighted by atomic mass is 10.1. The van der Waals surface area contributed by atoms with Gasteiger partial charge in [0.15, 0.2) is 5.96 Å². The highest BCUT2D eigenvalue weighted by Crippen LogP contribution is 2.25. The van der Waals surface area contributed by atoms with Crippen LogP contribution in [-0.4, -0.2) is 44.7 Å². The van der Waals surface area contributed by atoms with Gasteiger partial charge in [0.2, 0.25) is 5.95 Å². The molecule has 33 heavy (non-hydrogen) atoms. The maximum absolute atomic E-state index is 12.4. The fourth-order valence-corrected chi connectivity index (χ4v) is 4.52. The lowest BCUT2D eigenvalue weighted by Crippen LogP contribution is -2.34. The Morgan fingerprint density at radius 1 is 1.30 bits per heavy atom. The number of anilines is 1. The summed E-state index contributed by atoms with van der Waals surface area (Å²) < 4.78 is 0. The fourth-order valence-electron chi connectivity index (χ4n) is 2.90. The van der Waals surface area contributed by atoms with Gasteiger partial charge in [-0.1, -0.05) is 19.4 Å². The number of hydrogen-bond donors (Lipinski definition) is 4. The molecule has 0 aromatic carbocycles. The molecule has 0 fully saturated rings. The minimum atomic E-state index is -0.154. The van der Waals surface area contributed by atoms with Gasteiger partial charge in [0, 0.05) is 54.3 Å². The number of hydrogen-bond acceptors (Lipinski definition) is 8. The molecule has 3 aromatic rings. The Labute approximate surface area is 201 Å². The van der Waals surface area contributed by atoms with Crippen molar-refractivity contribution in [2.24, 2.45) is 10.7 Å². The van der Waals surface area contributed by atoms with E-state index in [4.69, 9.17) is 5.73 Å². The summed E-state index contributed by atoms with van der Waals surface area (Å²) in [4.78, 5) is 32.6. The predicted molar refractivity (Wildman–Crippen MR) is 137 cm³/mol. The van der Waals surface area contributed by atoms with Crippen molar-refractivity contribution < 1.29 is 0 Å². The minimum absolute atomic E-state index is 0.0964. The molecule has 9 nitrogen and oxygen atoms in total. The maximum atomic E-state index is 12.4. The van der Waals surface area contributed by atoms with Gasteiger partial charge in [-0.2, -0.15) is 0 Å². The molecular weight excluding hydrogens is 456 g/mol. The molecule has 0 aliphatic rings. The number of aromatic nitrogens is 4. The molecule has 0 saturated carbocycles. The van der Waals surface area contributed by atoms with Crippen molar-refractivity contribution >= 4 is 35.0 Å². The second-order valence-electron chi connectivity index (χ2n) is 7.43. The Kier molecular flexibility index (Phi) is 9.70. The molecule has 1 unspecified atom stereocenters. The zero-order valence-electron chi connectivity index (χ0n) is 18.9. The number of pyridine rings is 1. The number of nitrogens with two attached hydrogens (primary N) is 1. The summed E-state index contributed by atoms with van der Waals surface area (Å²) >= 11 is 3.20. The van der Waals surface area contributed by atoms with Gasteiger partial charge < -0.3 is 16.4 Å². The van der Waals surface area contributed by atoms with Crippen LogP contribution in [0.1, 0.15) is 47.7 Å². The number of rotatable bonds is 12. The number of aryl methyl sites for hydroxylation is 1. The molecule has 0 spiro atoms. The van der Waals surface area contributed by atoms with Crippen LogP contribution >= 0.6 is 23.1 Å². The summed E-state index contributed by atoms with van der Waals surface area (Å²) in [6, 6.07) is 3.90. The number of aliphatic imine (C=N–C) groups is 1. The standard InChI is InChI=1S/C22H30N8OS2/c1-3-4-7-24-21(23)30-20(18-13-32-14-28-18)33-9-8-25-22-27-12-17(19(31)29-22)10-16-6-5-15(2)26-11-16/h5-6,11-14,20H,3-4,7-10H2,1-2H3,(H3,23,24,30)(H2,25,27,29,31). The molecule has 3 aromatic heterocycles. The third kappa shape index (κ3) is 8.17. The van der Waals surface area contributed by atoms with Gasteiger partial charge in [0.25, 0.3) is 5.56 Å². The monoisotopic (exact) mass is 486 g/mol. The van der Waals surface area contributed by atoms with Crippen LogP contribution in [0.3, 0.4) is 0 Å². The van der Waals surface area contributed by atoms with Crippen LogP contribution in [-0.2, 0) is 6.42 Å². The molecule has 0 aliphatic carbocycles. The van der Waals surface area contributed by atoms with Crippen LogP contribution in [0.5, 0.6) is 0 Å². The van der Waals surface area contributed by atoms with Crippen LogP contribution in [0.15, 0.2) is 45.2 Å². The van der Waals surface area contributed by atoms with Gasteiger partial charge in [-0.05, 0) is 25.0 Å². The summed E-state index contributed by atoms with van der Waals surface area (Å²) in [6.07, 6.45) is 5.97. The highest BCUT2D eigenvalue weighted by molar-refractivity contribution is 7.99. The average molecular weight is 487 g/mol. The van der Waals surface area contributed by atoms with Gasteiger partial charge in [0.05, 0.1) is 11.2 Å². The van der Waals surface area contributed by atoms with Crippen LogP contribution in [0, 0.1) is 6.92 Å². The molecule has 3 heterocycles. The number of nitrogens with zero attached hydrogens (tertiary/aromatic N) is 4. The molecule has 11 heteroatoms. The summed E-state index contributed by atoms with van der Waals surface area (Å²) in [7, 11) is 0. The van der Waals surface area contributed by atoms with E-state index in [1.54, 1.807) is 41.0 Å². The quantitative estimate of drug-likeness (QED) is 0.133. The molecule has 0 saturated heterocycles. The van der Waals surface area contributed by atoms with Crippen molar-refractivity contribution in [2.75, 3.05) is 24.2 Å². The van der Waals surface area contributed by atoms with Gasteiger partial charge in [-0.15, -0.1) is 23.1 Å². The Bertz CT molecular complexity index is 1070. The second kappa shape index (κ2) is 12.9. The predicted octanol–water partition coefficient (Wildman–Crippen LogP) is 3.07. The van der Waals surface area contributed by atoms with Crippen LogP contribution in [0.4, 0.5) is 5.95 Å². The lowest BCUT2D eigenvalue weighted by Gasteiger charge is -2.17. The first-order valence-corrected chi connectivity index (χ1v) is 12.8. The molecule has 0 aliphatic heterocycles. The highest BCUT2D eigenvalue weighted by Gasteiger charge is 2.15.